The molecule has 0 aliphatic carbocycles. The third kappa shape index (κ3) is 7.01. The first-order valence-electron chi connectivity index (χ1n) is 10.7. The van der Waals surface area contributed by atoms with Crippen molar-refractivity contribution < 1.29 is 22.7 Å². The smallest absolute Gasteiger partial charge is 0.244 e. The second-order valence-corrected chi connectivity index (χ2v) is 10.2. The van der Waals surface area contributed by atoms with Crippen LogP contribution in [-0.2, 0) is 26.2 Å². The maximum atomic E-state index is 13.6. The van der Waals surface area contributed by atoms with Crippen LogP contribution in [0.25, 0.3) is 0 Å². The summed E-state index contributed by atoms with van der Waals surface area (Å²) < 4.78 is 32.0. The highest BCUT2D eigenvalue weighted by atomic mass is 35.5. The van der Waals surface area contributed by atoms with Crippen molar-refractivity contribution >= 4 is 50.7 Å². The van der Waals surface area contributed by atoms with Crippen LogP contribution in [0.2, 0.25) is 10.0 Å². The van der Waals surface area contributed by atoms with E-state index < -0.39 is 28.5 Å². The Bertz CT molecular complexity index is 1130. The van der Waals surface area contributed by atoms with Crippen LogP contribution in [0.5, 0.6) is 5.75 Å². The summed E-state index contributed by atoms with van der Waals surface area (Å²) in [7, 11) is -2.38. The summed E-state index contributed by atoms with van der Waals surface area (Å²) in [6.07, 6.45) is 1.34. The number of anilines is 1. The Kier molecular flexibility index (Phi) is 10.0. The molecule has 2 rings (SSSR count). The number of amides is 2. The number of hydrogen-bond acceptors (Lipinski definition) is 5. The predicted molar refractivity (Wildman–Crippen MR) is 135 cm³/mol. The lowest BCUT2D eigenvalue weighted by molar-refractivity contribution is -0.140. The van der Waals surface area contributed by atoms with Crippen molar-refractivity contribution in [3.63, 3.8) is 0 Å². The molecule has 11 heteroatoms. The molecule has 0 heterocycles. The van der Waals surface area contributed by atoms with Crippen molar-refractivity contribution in [2.45, 2.75) is 32.9 Å². The molecule has 2 amide bonds. The highest BCUT2D eigenvalue weighted by Gasteiger charge is 2.32. The molecule has 0 unspecified atom stereocenters. The normalized spacial score (nSPS) is 12.1. The van der Waals surface area contributed by atoms with Crippen LogP contribution in [0.4, 0.5) is 5.69 Å². The van der Waals surface area contributed by atoms with Gasteiger partial charge in [0.25, 0.3) is 0 Å². The molecule has 0 aliphatic heterocycles. The fourth-order valence-corrected chi connectivity index (χ4v) is 4.63. The molecule has 0 aromatic heterocycles. The van der Waals surface area contributed by atoms with Gasteiger partial charge in [0.15, 0.2) is 0 Å². The van der Waals surface area contributed by atoms with E-state index in [1.165, 1.54) is 11.9 Å². The third-order valence-electron chi connectivity index (χ3n) is 5.08. The lowest BCUT2D eigenvalue weighted by atomic mass is 10.1. The first-order valence-corrected chi connectivity index (χ1v) is 13.3. The minimum absolute atomic E-state index is 0.0341. The number of likely N-dealkylation sites (N-methyl/N-ethyl adjacent to an activating group) is 1. The lowest BCUT2D eigenvalue weighted by Crippen LogP contribution is -2.51. The van der Waals surface area contributed by atoms with Gasteiger partial charge in [-0.2, -0.15) is 0 Å². The minimum Gasteiger partial charge on any atom is -0.492 e. The molecule has 0 saturated heterocycles. The number of carbonyl (C=O) groups is 2. The number of hydrogen-bond donors (Lipinski definition) is 1. The number of nitrogens with one attached hydrogen (secondary N) is 1. The zero-order valence-electron chi connectivity index (χ0n) is 19.5. The number of nitrogens with zero attached hydrogens (tertiary/aromatic N) is 2. The van der Waals surface area contributed by atoms with Crippen LogP contribution >= 0.6 is 23.2 Å². The summed E-state index contributed by atoms with van der Waals surface area (Å²) >= 11 is 12.1. The molecule has 1 atom stereocenters. The number of halogens is 2. The van der Waals surface area contributed by atoms with Crippen molar-refractivity contribution in [3.8, 4) is 5.75 Å². The molecule has 186 valence electrons. The first kappa shape index (κ1) is 27.8. The lowest BCUT2D eigenvalue weighted by Gasteiger charge is -2.33. The van der Waals surface area contributed by atoms with Crippen LogP contribution in [-0.4, -0.2) is 57.6 Å². The number of rotatable bonds is 11. The van der Waals surface area contributed by atoms with Gasteiger partial charge in [-0.3, -0.25) is 13.9 Å². The number of benzene rings is 2. The van der Waals surface area contributed by atoms with Crippen molar-refractivity contribution in [1.29, 1.82) is 0 Å². The van der Waals surface area contributed by atoms with E-state index in [1.54, 1.807) is 56.3 Å². The highest BCUT2D eigenvalue weighted by Crippen LogP contribution is 2.30. The number of para-hydroxylation sites is 2. The molecule has 8 nitrogen and oxygen atoms in total. The van der Waals surface area contributed by atoms with Gasteiger partial charge < -0.3 is 15.0 Å². The molecule has 34 heavy (non-hydrogen) atoms. The maximum absolute atomic E-state index is 13.6. The van der Waals surface area contributed by atoms with E-state index in [4.69, 9.17) is 27.9 Å². The number of sulfonamides is 1. The van der Waals surface area contributed by atoms with Crippen LogP contribution < -0.4 is 14.4 Å². The topological polar surface area (TPSA) is 96.0 Å². The van der Waals surface area contributed by atoms with E-state index in [0.717, 1.165) is 10.6 Å². The Morgan fingerprint density at radius 2 is 1.76 bits per heavy atom. The molecule has 0 saturated carbocycles. The summed E-state index contributed by atoms with van der Waals surface area (Å²) in [5.74, 6) is -0.590. The molecule has 1 N–H and O–H groups in total. The Morgan fingerprint density at radius 3 is 2.32 bits per heavy atom. The average molecular weight is 530 g/mol. The quantitative estimate of drug-likeness (QED) is 0.478. The second kappa shape index (κ2) is 12.3. The Morgan fingerprint density at radius 1 is 1.09 bits per heavy atom. The Labute approximate surface area is 210 Å². The number of ether oxygens (including phenoxy) is 1. The third-order valence-corrected chi connectivity index (χ3v) is 6.95. The zero-order chi connectivity index (χ0) is 25.5. The van der Waals surface area contributed by atoms with Gasteiger partial charge in [0, 0.05) is 13.6 Å². The fourth-order valence-electron chi connectivity index (χ4n) is 3.46. The molecule has 0 aliphatic rings. The van der Waals surface area contributed by atoms with Crippen molar-refractivity contribution in [1.82, 2.24) is 10.2 Å². The number of carbonyl (C=O) groups excluding carboxylic acids is 2. The monoisotopic (exact) mass is 529 g/mol. The van der Waals surface area contributed by atoms with Crippen LogP contribution in [0, 0.1) is 0 Å². The molecular formula is C23H29Cl2N3O5S. The summed E-state index contributed by atoms with van der Waals surface area (Å²) in [4.78, 5) is 27.5. The van der Waals surface area contributed by atoms with Gasteiger partial charge >= 0.3 is 0 Å². The van der Waals surface area contributed by atoms with E-state index >= 15 is 0 Å². The minimum atomic E-state index is -3.86. The van der Waals surface area contributed by atoms with Crippen LogP contribution in [0.3, 0.4) is 0 Å². The largest absolute Gasteiger partial charge is 0.492 e. The van der Waals surface area contributed by atoms with E-state index in [0.29, 0.717) is 34.4 Å². The summed E-state index contributed by atoms with van der Waals surface area (Å²) in [6, 6.07) is 10.7. The van der Waals surface area contributed by atoms with Gasteiger partial charge in [-0.15, -0.1) is 0 Å². The predicted octanol–water partition coefficient (Wildman–Crippen LogP) is 3.71. The van der Waals surface area contributed by atoms with Gasteiger partial charge in [0.2, 0.25) is 21.8 Å². The van der Waals surface area contributed by atoms with Crippen molar-refractivity contribution in [3.05, 3.63) is 58.1 Å². The molecule has 0 fully saturated rings. The van der Waals surface area contributed by atoms with Gasteiger partial charge in [-0.05, 0) is 43.2 Å². The standard InChI is InChI=1S/C23H29Cl2N3O5S/c1-5-19(23(30)26-3)27(14-16-11-12-17(24)18(25)13-16)22(29)15-28(34(4,31)32)20-9-7-8-10-21(20)33-6-2/h7-13,19H,5-6,14-15H2,1-4H3,(H,26,30)/t19-/m1/s1. The molecule has 0 bridgehead atoms. The average Bonchev–Trinajstić information content (AvgIpc) is 2.79. The van der Waals surface area contributed by atoms with Crippen molar-refractivity contribution in [2.24, 2.45) is 0 Å². The summed E-state index contributed by atoms with van der Waals surface area (Å²) in [5.41, 5.74) is 0.883. The molecule has 0 radical (unpaired) electrons. The van der Waals surface area contributed by atoms with Gasteiger partial charge in [0.05, 0.1) is 28.6 Å². The van der Waals surface area contributed by atoms with Gasteiger partial charge in [0.1, 0.15) is 18.3 Å². The molecule has 2 aromatic rings. The molecular weight excluding hydrogens is 501 g/mol. The maximum Gasteiger partial charge on any atom is 0.244 e. The van der Waals surface area contributed by atoms with E-state index in [-0.39, 0.29) is 18.1 Å². The van der Waals surface area contributed by atoms with E-state index in [9.17, 15) is 18.0 Å². The summed E-state index contributed by atoms with van der Waals surface area (Å²) in [6.45, 7) is 3.39. The van der Waals surface area contributed by atoms with Gasteiger partial charge in [-0.1, -0.05) is 48.3 Å². The molecule has 0 spiro atoms. The Hall–Kier alpha value is -2.49. The first-order chi connectivity index (χ1) is 16.0. The van der Waals surface area contributed by atoms with Crippen LogP contribution in [0.15, 0.2) is 42.5 Å². The SMILES string of the molecule is CCOc1ccccc1N(CC(=O)N(Cc1ccc(Cl)c(Cl)c1)[C@H](CC)C(=O)NC)S(C)(=O)=O. The van der Waals surface area contributed by atoms with E-state index in [2.05, 4.69) is 5.32 Å². The van der Waals surface area contributed by atoms with Crippen molar-refractivity contribution in [2.75, 3.05) is 30.8 Å². The molecule has 2 aromatic carbocycles. The van der Waals surface area contributed by atoms with E-state index in [1.807, 2.05) is 0 Å². The highest BCUT2D eigenvalue weighted by molar-refractivity contribution is 7.92. The summed E-state index contributed by atoms with van der Waals surface area (Å²) in [5, 5.41) is 3.23. The fraction of sp³-hybridized carbons (Fsp3) is 0.391. The van der Waals surface area contributed by atoms with Crippen LogP contribution in [0.1, 0.15) is 25.8 Å². The Balaban J connectivity index is 2.49. The second-order valence-electron chi connectivity index (χ2n) is 7.48. The van der Waals surface area contributed by atoms with Gasteiger partial charge in [-0.25, -0.2) is 8.42 Å². The zero-order valence-corrected chi connectivity index (χ0v) is 21.9.